The molecule has 1 atom stereocenters. The third kappa shape index (κ3) is 3.58. The summed E-state index contributed by atoms with van der Waals surface area (Å²) in [5, 5.41) is 2.83. The second-order valence-corrected chi connectivity index (χ2v) is 7.81. The second-order valence-electron chi connectivity index (χ2n) is 7.81. The van der Waals surface area contributed by atoms with Crippen LogP contribution < -0.4 is 10.9 Å². The number of carbonyl (C=O) groups is 2. The largest absolute Gasteiger partial charge is 0.325 e. The van der Waals surface area contributed by atoms with Crippen molar-refractivity contribution in [3.63, 3.8) is 0 Å². The number of rotatable bonds is 6. The minimum Gasteiger partial charge on any atom is -0.319 e. The molecule has 2 aromatic heterocycles. The quantitative estimate of drug-likeness (QED) is 0.618. The smallest absolute Gasteiger partial charge is 0.319 e. The zero-order valence-corrected chi connectivity index (χ0v) is 17.4. The lowest BCUT2D eigenvalue weighted by atomic mass is 9.84. The Morgan fingerprint density at radius 3 is 2.58 bits per heavy atom. The Morgan fingerprint density at radius 1 is 1.13 bits per heavy atom. The molecule has 1 aliphatic heterocycles. The Morgan fingerprint density at radius 2 is 1.87 bits per heavy atom. The van der Waals surface area contributed by atoms with Gasteiger partial charge in [-0.1, -0.05) is 38.0 Å². The standard InChI is InChI=1S/C23H23FN4O3/c1-3-4-11-23(16-7-9-17(24)10-8-16)21(30)28(22(31)26-23)14-18-13-19(29)27-12-5-6-15(2)20(27)25-18/h5-10,12-13H,3-4,11,14H2,1-2H3,(H,26,31)/t23-/m0/s1. The molecule has 7 nitrogen and oxygen atoms in total. The molecule has 1 fully saturated rings. The molecule has 1 aromatic carbocycles. The van der Waals surface area contributed by atoms with E-state index in [1.165, 1.54) is 34.7 Å². The molecular weight excluding hydrogens is 399 g/mol. The van der Waals surface area contributed by atoms with Gasteiger partial charge in [-0.15, -0.1) is 0 Å². The monoisotopic (exact) mass is 422 g/mol. The molecule has 1 N–H and O–H groups in total. The van der Waals surface area contributed by atoms with Crippen molar-refractivity contribution in [1.82, 2.24) is 19.6 Å². The number of carbonyl (C=O) groups excluding carboxylic acids is 2. The van der Waals surface area contributed by atoms with Crippen LogP contribution in [0.3, 0.4) is 0 Å². The Labute approximate surface area is 178 Å². The van der Waals surface area contributed by atoms with Crippen molar-refractivity contribution in [2.45, 2.75) is 45.2 Å². The molecule has 160 valence electrons. The Hall–Kier alpha value is -3.55. The zero-order valence-electron chi connectivity index (χ0n) is 17.4. The van der Waals surface area contributed by atoms with Crippen LogP contribution in [0.1, 0.15) is 43.0 Å². The third-order valence-electron chi connectivity index (χ3n) is 5.68. The molecule has 8 heteroatoms. The lowest BCUT2D eigenvalue weighted by molar-refractivity contribution is -0.132. The Kier molecular flexibility index (Phi) is 5.31. The minimum absolute atomic E-state index is 0.125. The normalized spacial score (nSPS) is 18.6. The number of pyridine rings is 1. The van der Waals surface area contributed by atoms with E-state index in [0.717, 1.165) is 16.9 Å². The number of unbranched alkanes of at least 4 members (excludes halogenated alkanes) is 1. The molecule has 0 unspecified atom stereocenters. The van der Waals surface area contributed by atoms with Crippen molar-refractivity contribution in [1.29, 1.82) is 0 Å². The maximum Gasteiger partial charge on any atom is 0.325 e. The zero-order chi connectivity index (χ0) is 22.2. The van der Waals surface area contributed by atoms with E-state index < -0.39 is 23.3 Å². The molecule has 31 heavy (non-hydrogen) atoms. The van der Waals surface area contributed by atoms with Crippen LogP contribution in [0.4, 0.5) is 9.18 Å². The van der Waals surface area contributed by atoms with Gasteiger partial charge >= 0.3 is 6.03 Å². The number of imide groups is 1. The first-order valence-corrected chi connectivity index (χ1v) is 10.2. The number of benzene rings is 1. The fourth-order valence-corrected chi connectivity index (χ4v) is 4.01. The minimum atomic E-state index is -1.26. The second kappa shape index (κ2) is 7.94. The van der Waals surface area contributed by atoms with Crippen LogP contribution in [0.25, 0.3) is 5.65 Å². The number of urea groups is 1. The number of fused-ring (bicyclic) bond motifs is 1. The highest BCUT2D eigenvalue weighted by atomic mass is 19.1. The molecule has 0 bridgehead atoms. The fraction of sp³-hybridized carbons (Fsp3) is 0.304. The van der Waals surface area contributed by atoms with Gasteiger partial charge in [0, 0.05) is 12.3 Å². The van der Waals surface area contributed by atoms with E-state index in [2.05, 4.69) is 10.3 Å². The molecular formula is C23H23FN4O3. The molecule has 4 rings (SSSR count). The van der Waals surface area contributed by atoms with Gasteiger partial charge in [-0.05, 0) is 42.7 Å². The number of hydrogen-bond donors (Lipinski definition) is 1. The van der Waals surface area contributed by atoms with Gasteiger partial charge in [-0.2, -0.15) is 0 Å². The summed E-state index contributed by atoms with van der Waals surface area (Å²) in [6.45, 7) is 3.70. The van der Waals surface area contributed by atoms with Crippen LogP contribution in [0.15, 0.2) is 53.5 Å². The van der Waals surface area contributed by atoms with Gasteiger partial charge in [0.2, 0.25) is 0 Å². The maximum absolute atomic E-state index is 13.5. The van der Waals surface area contributed by atoms with Crippen LogP contribution in [0.5, 0.6) is 0 Å². The summed E-state index contributed by atoms with van der Waals surface area (Å²) in [4.78, 5) is 44.4. The topological polar surface area (TPSA) is 83.8 Å². The molecule has 3 amide bonds. The number of halogens is 1. The van der Waals surface area contributed by atoms with Crippen molar-refractivity contribution in [3.05, 3.63) is 81.7 Å². The first-order valence-electron chi connectivity index (χ1n) is 10.2. The van der Waals surface area contributed by atoms with Gasteiger partial charge < -0.3 is 5.32 Å². The lowest BCUT2D eigenvalue weighted by Crippen LogP contribution is -2.44. The average Bonchev–Trinajstić information content (AvgIpc) is 2.99. The molecule has 1 saturated heterocycles. The summed E-state index contributed by atoms with van der Waals surface area (Å²) in [7, 11) is 0. The summed E-state index contributed by atoms with van der Waals surface area (Å²) in [6, 6.07) is 9.97. The Bertz CT molecular complexity index is 1220. The lowest BCUT2D eigenvalue weighted by Gasteiger charge is -2.27. The summed E-state index contributed by atoms with van der Waals surface area (Å²) in [6.07, 6.45) is 3.54. The van der Waals surface area contributed by atoms with E-state index in [0.29, 0.717) is 29.7 Å². The Balaban J connectivity index is 1.71. The van der Waals surface area contributed by atoms with Crippen molar-refractivity contribution in [2.24, 2.45) is 0 Å². The van der Waals surface area contributed by atoms with Crippen molar-refractivity contribution in [2.75, 3.05) is 0 Å². The van der Waals surface area contributed by atoms with Gasteiger partial charge in [0.25, 0.3) is 11.5 Å². The number of nitrogens with zero attached hydrogens (tertiary/aromatic N) is 3. The van der Waals surface area contributed by atoms with Crippen LogP contribution >= 0.6 is 0 Å². The first-order chi connectivity index (χ1) is 14.9. The predicted octanol–water partition coefficient (Wildman–Crippen LogP) is 3.28. The fourth-order valence-electron chi connectivity index (χ4n) is 4.01. The third-order valence-corrected chi connectivity index (χ3v) is 5.68. The molecule has 3 heterocycles. The van der Waals surface area contributed by atoms with E-state index in [1.54, 1.807) is 12.3 Å². The van der Waals surface area contributed by atoms with Gasteiger partial charge in [0.15, 0.2) is 0 Å². The van der Waals surface area contributed by atoms with Crippen molar-refractivity contribution < 1.29 is 14.0 Å². The van der Waals surface area contributed by atoms with Gasteiger partial charge in [0.1, 0.15) is 17.0 Å². The number of amides is 3. The van der Waals surface area contributed by atoms with E-state index in [4.69, 9.17) is 0 Å². The number of aryl methyl sites for hydroxylation is 1. The van der Waals surface area contributed by atoms with Gasteiger partial charge in [-0.3, -0.25) is 18.9 Å². The highest BCUT2D eigenvalue weighted by Gasteiger charge is 2.51. The number of hydrogen-bond acceptors (Lipinski definition) is 4. The van der Waals surface area contributed by atoms with E-state index in [1.807, 2.05) is 19.9 Å². The predicted molar refractivity (Wildman–Crippen MR) is 113 cm³/mol. The molecule has 1 aliphatic rings. The number of aromatic nitrogens is 2. The van der Waals surface area contributed by atoms with Crippen LogP contribution in [0.2, 0.25) is 0 Å². The van der Waals surface area contributed by atoms with Crippen molar-refractivity contribution >= 4 is 17.6 Å². The summed E-state index contributed by atoms with van der Waals surface area (Å²) in [5.74, 6) is -0.844. The molecule has 0 saturated carbocycles. The SMILES string of the molecule is CCCC[C@@]1(c2ccc(F)cc2)NC(=O)N(Cc2cc(=O)n3cccc(C)c3n2)C1=O. The summed E-state index contributed by atoms with van der Waals surface area (Å²) < 4.78 is 14.9. The summed E-state index contributed by atoms with van der Waals surface area (Å²) in [5.41, 5.74) is 0.600. The first kappa shape index (κ1) is 20.7. The molecule has 0 spiro atoms. The van der Waals surface area contributed by atoms with E-state index >= 15 is 0 Å². The highest BCUT2D eigenvalue weighted by molar-refractivity contribution is 6.07. The van der Waals surface area contributed by atoms with Gasteiger partial charge in [-0.25, -0.2) is 14.2 Å². The molecule has 3 aromatic rings. The van der Waals surface area contributed by atoms with E-state index in [9.17, 15) is 18.8 Å². The van der Waals surface area contributed by atoms with Crippen LogP contribution in [-0.4, -0.2) is 26.2 Å². The molecule has 0 aliphatic carbocycles. The number of nitrogens with one attached hydrogen (secondary N) is 1. The van der Waals surface area contributed by atoms with Gasteiger partial charge in [0.05, 0.1) is 12.2 Å². The average molecular weight is 422 g/mol. The van der Waals surface area contributed by atoms with Crippen molar-refractivity contribution in [3.8, 4) is 0 Å². The summed E-state index contributed by atoms with van der Waals surface area (Å²) >= 11 is 0. The van der Waals surface area contributed by atoms with Crippen LogP contribution in [0, 0.1) is 12.7 Å². The maximum atomic E-state index is 13.5. The van der Waals surface area contributed by atoms with Crippen LogP contribution in [-0.2, 0) is 16.9 Å². The van der Waals surface area contributed by atoms with E-state index in [-0.39, 0.29) is 12.1 Å². The molecule has 0 radical (unpaired) electrons. The highest BCUT2D eigenvalue weighted by Crippen LogP contribution is 2.35.